The quantitative estimate of drug-likeness (QED) is 0.718. The van der Waals surface area contributed by atoms with Gasteiger partial charge in [-0.1, -0.05) is 18.2 Å². The summed E-state index contributed by atoms with van der Waals surface area (Å²) < 4.78 is 0. The van der Waals surface area contributed by atoms with Crippen LogP contribution in [0.3, 0.4) is 0 Å². The fourth-order valence-electron chi connectivity index (χ4n) is 1.99. The maximum Gasteiger partial charge on any atom is 0.225 e. The van der Waals surface area contributed by atoms with Crippen molar-refractivity contribution in [3.63, 3.8) is 0 Å². The zero-order chi connectivity index (χ0) is 11.0. The molecule has 0 spiro atoms. The Bertz CT molecular complexity index is 501. The number of guanidine groups is 1. The highest BCUT2D eigenvalue weighted by atomic mass is 15.3. The number of nitrogens with zero attached hydrogens (tertiary/aromatic N) is 3. The minimum absolute atomic E-state index is 0.0936. The Hall–Kier alpha value is -2.10. The summed E-state index contributed by atoms with van der Waals surface area (Å²) in [6.07, 6.45) is 5.66. The van der Waals surface area contributed by atoms with Crippen LogP contribution in [-0.4, -0.2) is 23.6 Å². The van der Waals surface area contributed by atoms with E-state index in [9.17, 15) is 0 Å². The highest BCUT2D eigenvalue weighted by Gasteiger charge is 2.26. The van der Waals surface area contributed by atoms with Gasteiger partial charge in [0.2, 0.25) is 5.96 Å². The molecular formula is C12H12N4. The smallest absolute Gasteiger partial charge is 0.225 e. The van der Waals surface area contributed by atoms with Crippen molar-refractivity contribution in [1.82, 2.24) is 4.90 Å². The molecule has 3 rings (SSSR count). The Labute approximate surface area is 93.8 Å². The third-order valence-corrected chi connectivity index (χ3v) is 2.79. The average Bonchev–Trinajstić information content (AvgIpc) is 2.73. The molecule has 1 atom stereocenters. The third-order valence-electron chi connectivity index (χ3n) is 2.79. The standard InChI is InChI=1S/C12H12N4/c13-10-5-2-1-4-9(10)11-8-16-7-3-6-14-12(16)15-11/h1-7,11H,8,13H2. The molecule has 0 saturated carbocycles. The van der Waals surface area contributed by atoms with Gasteiger partial charge in [0, 0.05) is 23.7 Å². The molecule has 2 heterocycles. The van der Waals surface area contributed by atoms with Gasteiger partial charge in [-0.25, -0.2) is 9.98 Å². The maximum atomic E-state index is 5.95. The molecule has 0 aromatic heterocycles. The molecule has 0 saturated heterocycles. The first kappa shape index (κ1) is 9.15. The normalized spacial score (nSPS) is 22.1. The number of aliphatic imine (C=N–C) groups is 2. The van der Waals surface area contributed by atoms with Gasteiger partial charge in [0.05, 0.1) is 12.6 Å². The predicted octanol–water partition coefficient (Wildman–Crippen LogP) is 1.58. The lowest BCUT2D eigenvalue weighted by Gasteiger charge is -2.15. The molecule has 0 amide bonds. The molecule has 0 radical (unpaired) electrons. The fraction of sp³-hybridized carbons (Fsp3) is 0.167. The molecule has 1 aromatic rings. The van der Waals surface area contributed by atoms with Crippen molar-refractivity contribution in [2.45, 2.75) is 6.04 Å². The Morgan fingerprint density at radius 2 is 2.19 bits per heavy atom. The highest BCUT2D eigenvalue weighted by molar-refractivity contribution is 5.95. The van der Waals surface area contributed by atoms with Crippen molar-refractivity contribution >= 4 is 17.9 Å². The van der Waals surface area contributed by atoms with E-state index < -0.39 is 0 Å². The first-order valence-corrected chi connectivity index (χ1v) is 5.24. The summed E-state index contributed by atoms with van der Waals surface area (Å²) in [6.45, 7) is 0.817. The zero-order valence-corrected chi connectivity index (χ0v) is 8.74. The Balaban J connectivity index is 1.95. The van der Waals surface area contributed by atoms with E-state index in [1.54, 1.807) is 6.21 Å². The van der Waals surface area contributed by atoms with Crippen LogP contribution in [0.15, 0.2) is 46.5 Å². The van der Waals surface area contributed by atoms with Crippen LogP contribution in [0.5, 0.6) is 0 Å². The molecule has 0 bridgehead atoms. The van der Waals surface area contributed by atoms with Gasteiger partial charge in [-0.15, -0.1) is 0 Å². The predicted molar refractivity (Wildman–Crippen MR) is 65.4 cm³/mol. The molecule has 2 aliphatic rings. The molecule has 1 unspecified atom stereocenters. The van der Waals surface area contributed by atoms with Gasteiger partial charge in [-0.05, 0) is 12.1 Å². The Morgan fingerprint density at radius 3 is 3.00 bits per heavy atom. The second kappa shape index (κ2) is 3.48. The van der Waals surface area contributed by atoms with E-state index in [0.717, 1.165) is 23.8 Å². The van der Waals surface area contributed by atoms with Crippen LogP contribution >= 0.6 is 0 Å². The fourth-order valence-corrected chi connectivity index (χ4v) is 1.99. The van der Waals surface area contributed by atoms with Crippen molar-refractivity contribution in [1.29, 1.82) is 0 Å². The average molecular weight is 212 g/mol. The Morgan fingerprint density at radius 1 is 1.31 bits per heavy atom. The first-order chi connectivity index (χ1) is 7.84. The summed E-state index contributed by atoms with van der Waals surface area (Å²) in [5.41, 5.74) is 7.82. The summed E-state index contributed by atoms with van der Waals surface area (Å²) in [5, 5.41) is 0. The lowest BCUT2D eigenvalue weighted by Crippen LogP contribution is -2.22. The molecule has 0 fully saturated rings. The van der Waals surface area contributed by atoms with Crippen LogP contribution in [-0.2, 0) is 0 Å². The number of anilines is 1. The number of fused-ring (bicyclic) bond motifs is 1. The van der Waals surface area contributed by atoms with Crippen LogP contribution in [0.1, 0.15) is 11.6 Å². The monoisotopic (exact) mass is 212 g/mol. The third kappa shape index (κ3) is 1.39. The number of hydrogen-bond donors (Lipinski definition) is 1. The van der Waals surface area contributed by atoms with Crippen molar-refractivity contribution < 1.29 is 0 Å². The van der Waals surface area contributed by atoms with Gasteiger partial charge in [-0.2, -0.15) is 0 Å². The van der Waals surface area contributed by atoms with Crippen molar-refractivity contribution in [2.75, 3.05) is 12.3 Å². The number of allylic oxidation sites excluding steroid dienone is 1. The summed E-state index contributed by atoms with van der Waals surface area (Å²) in [4.78, 5) is 10.8. The van der Waals surface area contributed by atoms with Crippen LogP contribution in [0, 0.1) is 0 Å². The number of hydrogen-bond acceptors (Lipinski definition) is 4. The molecular weight excluding hydrogens is 200 g/mol. The minimum atomic E-state index is 0.0936. The zero-order valence-electron chi connectivity index (χ0n) is 8.74. The molecule has 2 N–H and O–H groups in total. The lowest BCUT2D eigenvalue weighted by molar-refractivity contribution is 0.547. The van der Waals surface area contributed by atoms with Crippen LogP contribution < -0.4 is 5.73 Å². The van der Waals surface area contributed by atoms with Crippen LogP contribution in [0.2, 0.25) is 0 Å². The largest absolute Gasteiger partial charge is 0.398 e. The van der Waals surface area contributed by atoms with Gasteiger partial charge >= 0.3 is 0 Å². The van der Waals surface area contributed by atoms with E-state index in [1.165, 1.54) is 0 Å². The molecule has 80 valence electrons. The molecule has 1 aromatic carbocycles. The van der Waals surface area contributed by atoms with E-state index in [-0.39, 0.29) is 6.04 Å². The van der Waals surface area contributed by atoms with Gasteiger partial charge in [0.25, 0.3) is 0 Å². The minimum Gasteiger partial charge on any atom is -0.398 e. The maximum absolute atomic E-state index is 5.95. The summed E-state index contributed by atoms with van der Waals surface area (Å²) in [5.74, 6) is 0.774. The Kier molecular flexibility index (Phi) is 1.99. The molecule has 4 nitrogen and oxygen atoms in total. The van der Waals surface area contributed by atoms with E-state index in [4.69, 9.17) is 5.73 Å². The lowest BCUT2D eigenvalue weighted by atomic mass is 10.1. The van der Waals surface area contributed by atoms with Crippen LogP contribution in [0.4, 0.5) is 5.69 Å². The SMILES string of the molecule is Nc1ccccc1C1CN2C=CC=NC2=N1. The van der Waals surface area contributed by atoms with Crippen molar-refractivity contribution in [2.24, 2.45) is 9.98 Å². The first-order valence-electron chi connectivity index (χ1n) is 5.24. The van der Waals surface area contributed by atoms with E-state index in [0.29, 0.717) is 0 Å². The van der Waals surface area contributed by atoms with E-state index in [1.807, 2.05) is 41.4 Å². The number of para-hydroxylation sites is 1. The summed E-state index contributed by atoms with van der Waals surface area (Å²) in [7, 11) is 0. The highest BCUT2D eigenvalue weighted by Crippen LogP contribution is 2.29. The van der Waals surface area contributed by atoms with Crippen molar-refractivity contribution in [3.8, 4) is 0 Å². The number of nitrogens with two attached hydrogens (primary N) is 1. The number of nitrogen functional groups attached to an aromatic ring is 1. The second-order valence-electron chi connectivity index (χ2n) is 3.85. The van der Waals surface area contributed by atoms with E-state index >= 15 is 0 Å². The second-order valence-corrected chi connectivity index (χ2v) is 3.85. The molecule has 16 heavy (non-hydrogen) atoms. The molecule has 0 aliphatic carbocycles. The van der Waals surface area contributed by atoms with Gasteiger partial charge < -0.3 is 10.6 Å². The molecule has 2 aliphatic heterocycles. The number of benzene rings is 1. The van der Waals surface area contributed by atoms with Crippen molar-refractivity contribution in [3.05, 3.63) is 42.1 Å². The number of rotatable bonds is 1. The van der Waals surface area contributed by atoms with Crippen LogP contribution in [0.25, 0.3) is 0 Å². The molecule has 4 heteroatoms. The van der Waals surface area contributed by atoms with Gasteiger partial charge in [0.15, 0.2) is 0 Å². The summed E-state index contributed by atoms with van der Waals surface area (Å²) >= 11 is 0. The van der Waals surface area contributed by atoms with Gasteiger partial charge in [-0.3, -0.25) is 0 Å². The topological polar surface area (TPSA) is 54.0 Å². The van der Waals surface area contributed by atoms with Gasteiger partial charge in [0.1, 0.15) is 0 Å². The van der Waals surface area contributed by atoms with E-state index in [2.05, 4.69) is 9.98 Å². The summed E-state index contributed by atoms with van der Waals surface area (Å²) in [6, 6.07) is 7.95.